The molecule has 98 valence electrons. The second-order valence-electron chi connectivity index (χ2n) is 4.16. The number of carbonyl (C=O) groups is 1. The van der Waals surface area contributed by atoms with Crippen LogP contribution in [-0.4, -0.2) is 22.9 Å². The van der Waals surface area contributed by atoms with Crippen LogP contribution in [0.2, 0.25) is 0 Å². The maximum absolute atomic E-state index is 12.1. The van der Waals surface area contributed by atoms with Crippen molar-refractivity contribution in [3.05, 3.63) is 53.6 Å². The number of nitrogens with one attached hydrogen (secondary N) is 2. The number of aromatic nitrogens is 2. The molecule has 0 atom stereocenters. The molecule has 19 heavy (non-hydrogen) atoms. The van der Waals surface area contributed by atoms with Crippen LogP contribution in [0.25, 0.3) is 0 Å². The molecule has 0 saturated heterocycles. The van der Waals surface area contributed by atoms with E-state index in [9.17, 15) is 4.79 Å². The Morgan fingerprint density at radius 2 is 1.95 bits per heavy atom. The van der Waals surface area contributed by atoms with Gasteiger partial charge >= 0.3 is 0 Å². The first-order valence-corrected chi connectivity index (χ1v) is 6.02. The number of pyridine rings is 2. The first kappa shape index (κ1) is 13.0. The van der Waals surface area contributed by atoms with Crippen molar-refractivity contribution in [3.8, 4) is 0 Å². The van der Waals surface area contributed by atoms with E-state index in [1.807, 2.05) is 13.0 Å². The molecule has 0 aliphatic heterocycles. The highest BCUT2D eigenvalue weighted by molar-refractivity contribution is 5.99. The van der Waals surface area contributed by atoms with Crippen molar-refractivity contribution in [3.63, 3.8) is 0 Å². The van der Waals surface area contributed by atoms with Crippen molar-refractivity contribution < 1.29 is 4.79 Å². The number of nitrogens with zero attached hydrogens (tertiary/aromatic N) is 2. The summed E-state index contributed by atoms with van der Waals surface area (Å²) in [6.45, 7) is 2.46. The van der Waals surface area contributed by atoms with E-state index in [-0.39, 0.29) is 5.91 Å². The first-order valence-electron chi connectivity index (χ1n) is 6.02. The number of anilines is 1. The molecule has 5 heteroatoms. The van der Waals surface area contributed by atoms with Crippen LogP contribution in [0, 0.1) is 6.92 Å². The van der Waals surface area contributed by atoms with Gasteiger partial charge in [0.25, 0.3) is 5.91 Å². The highest BCUT2D eigenvalue weighted by Crippen LogP contribution is 2.12. The largest absolute Gasteiger partial charge is 0.386 e. The van der Waals surface area contributed by atoms with E-state index < -0.39 is 0 Å². The van der Waals surface area contributed by atoms with Crippen molar-refractivity contribution in [2.45, 2.75) is 13.5 Å². The fourth-order valence-electron chi connectivity index (χ4n) is 1.76. The number of aryl methyl sites for hydroxylation is 1. The average Bonchev–Trinajstić information content (AvgIpc) is 2.46. The predicted octanol–water partition coefficient (Wildman–Crippen LogP) is 1.76. The second-order valence-corrected chi connectivity index (χ2v) is 4.16. The predicted molar refractivity (Wildman–Crippen MR) is 73.9 cm³/mol. The monoisotopic (exact) mass is 256 g/mol. The molecular formula is C14H16N4O. The normalized spacial score (nSPS) is 10.0. The van der Waals surface area contributed by atoms with Gasteiger partial charge in [-0.1, -0.05) is 0 Å². The highest BCUT2D eigenvalue weighted by atomic mass is 16.1. The molecule has 1 amide bonds. The van der Waals surface area contributed by atoms with Crippen molar-refractivity contribution in [1.29, 1.82) is 0 Å². The summed E-state index contributed by atoms with van der Waals surface area (Å²) in [5.74, 6) is -0.122. The quantitative estimate of drug-likeness (QED) is 0.874. The van der Waals surface area contributed by atoms with E-state index in [2.05, 4.69) is 20.6 Å². The molecule has 0 spiro atoms. The number of carbonyl (C=O) groups excluding carboxylic acids is 1. The molecule has 2 heterocycles. The fourth-order valence-corrected chi connectivity index (χ4v) is 1.76. The summed E-state index contributed by atoms with van der Waals surface area (Å²) in [4.78, 5) is 20.1. The molecule has 0 aliphatic carbocycles. The van der Waals surface area contributed by atoms with Gasteiger partial charge in [-0.25, -0.2) is 0 Å². The Balaban J connectivity index is 2.08. The third-order valence-electron chi connectivity index (χ3n) is 2.91. The molecule has 0 aliphatic rings. The molecule has 0 fully saturated rings. The Morgan fingerprint density at radius 3 is 2.68 bits per heavy atom. The SMILES string of the molecule is CNc1cnccc1C(=O)NCc1ccncc1C. The molecule has 2 N–H and O–H groups in total. The van der Waals surface area contributed by atoms with Crippen molar-refractivity contribution >= 4 is 11.6 Å². The second kappa shape index (κ2) is 5.95. The van der Waals surface area contributed by atoms with E-state index in [0.29, 0.717) is 17.8 Å². The summed E-state index contributed by atoms with van der Waals surface area (Å²) in [6, 6.07) is 3.60. The molecule has 0 aromatic carbocycles. The number of hydrogen-bond donors (Lipinski definition) is 2. The summed E-state index contributed by atoms with van der Waals surface area (Å²) in [5.41, 5.74) is 3.42. The minimum absolute atomic E-state index is 0.122. The van der Waals surface area contributed by atoms with Crippen molar-refractivity contribution in [2.75, 3.05) is 12.4 Å². The molecule has 5 nitrogen and oxygen atoms in total. The zero-order valence-electron chi connectivity index (χ0n) is 11.0. The van der Waals surface area contributed by atoms with Gasteiger partial charge in [0.1, 0.15) is 0 Å². The molecule has 2 rings (SSSR count). The van der Waals surface area contributed by atoms with Crippen LogP contribution < -0.4 is 10.6 Å². The Hall–Kier alpha value is -2.43. The summed E-state index contributed by atoms with van der Waals surface area (Å²) in [6.07, 6.45) is 6.74. The van der Waals surface area contributed by atoms with Gasteiger partial charge in [0.15, 0.2) is 0 Å². The van der Waals surface area contributed by atoms with Gasteiger partial charge in [0.2, 0.25) is 0 Å². The van der Waals surface area contributed by atoms with Gasteiger partial charge in [0.05, 0.1) is 17.4 Å². The van der Waals surface area contributed by atoms with Gasteiger partial charge in [-0.2, -0.15) is 0 Å². The van der Waals surface area contributed by atoms with Crippen LogP contribution in [0.3, 0.4) is 0 Å². The molecule has 2 aromatic rings. The first-order chi connectivity index (χ1) is 9.22. The van der Waals surface area contributed by atoms with Crippen LogP contribution in [-0.2, 0) is 6.54 Å². The Bertz CT molecular complexity index is 583. The minimum Gasteiger partial charge on any atom is -0.386 e. The maximum atomic E-state index is 12.1. The van der Waals surface area contributed by atoms with Gasteiger partial charge in [-0.05, 0) is 30.2 Å². The third-order valence-corrected chi connectivity index (χ3v) is 2.91. The van der Waals surface area contributed by atoms with Crippen LogP contribution >= 0.6 is 0 Å². The molecule has 2 aromatic heterocycles. The van der Waals surface area contributed by atoms with E-state index in [1.54, 1.807) is 37.9 Å². The lowest BCUT2D eigenvalue weighted by Crippen LogP contribution is -2.24. The summed E-state index contributed by atoms with van der Waals surface area (Å²) in [7, 11) is 1.76. The molecule has 0 bridgehead atoms. The lowest BCUT2D eigenvalue weighted by Gasteiger charge is -2.10. The van der Waals surface area contributed by atoms with Crippen LogP contribution in [0.5, 0.6) is 0 Å². The molecular weight excluding hydrogens is 240 g/mol. The topological polar surface area (TPSA) is 66.9 Å². The zero-order chi connectivity index (χ0) is 13.7. The maximum Gasteiger partial charge on any atom is 0.253 e. The Kier molecular flexibility index (Phi) is 4.07. The van der Waals surface area contributed by atoms with Gasteiger partial charge < -0.3 is 10.6 Å². The van der Waals surface area contributed by atoms with Gasteiger partial charge in [0, 0.05) is 32.2 Å². The number of rotatable bonds is 4. The van der Waals surface area contributed by atoms with E-state index >= 15 is 0 Å². The van der Waals surface area contributed by atoms with E-state index in [1.165, 1.54) is 0 Å². The summed E-state index contributed by atoms with van der Waals surface area (Å²) >= 11 is 0. The summed E-state index contributed by atoms with van der Waals surface area (Å²) in [5, 5.41) is 5.85. The van der Waals surface area contributed by atoms with E-state index in [4.69, 9.17) is 0 Å². The molecule has 0 saturated carbocycles. The van der Waals surface area contributed by atoms with Crippen LogP contribution in [0.15, 0.2) is 36.9 Å². The zero-order valence-corrected chi connectivity index (χ0v) is 11.0. The van der Waals surface area contributed by atoms with Crippen LogP contribution in [0.4, 0.5) is 5.69 Å². The average molecular weight is 256 g/mol. The molecule has 0 unspecified atom stereocenters. The number of hydrogen-bond acceptors (Lipinski definition) is 4. The van der Waals surface area contributed by atoms with Gasteiger partial charge in [-0.3, -0.25) is 14.8 Å². The highest BCUT2D eigenvalue weighted by Gasteiger charge is 2.10. The summed E-state index contributed by atoms with van der Waals surface area (Å²) < 4.78 is 0. The number of amides is 1. The van der Waals surface area contributed by atoms with E-state index in [0.717, 1.165) is 11.1 Å². The molecule has 0 radical (unpaired) electrons. The van der Waals surface area contributed by atoms with Crippen molar-refractivity contribution in [2.24, 2.45) is 0 Å². The fraction of sp³-hybridized carbons (Fsp3) is 0.214. The standard InChI is InChI=1S/C14H16N4O/c1-10-7-16-5-3-11(10)8-18-14(19)12-4-6-17-9-13(12)15-2/h3-7,9,15H,8H2,1-2H3,(H,18,19). The Labute approximate surface area is 112 Å². The smallest absolute Gasteiger partial charge is 0.253 e. The lowest BCUT2D eigenvalue weighted by atomic mass is 10.1. The third kappa shape index (κ3) is 3.07. The Morgan fingerprint density at radius 1 is 1.21 bits per heavy atom. The minimum atomic E-state index is -0.122. The van der Waals surface area contributed by atoms with Crippen molar-refractivity contribution in [1.82, 2.24) is 15.3 Å². The lowest BCUT2D eigenvalue weighted by molar-refractivity contribution is 0.0951. The van der Waals surface area contributed by atoms with Crippen LogP contribution in [0.1, 0.15) is 21.5 Å². The van der Waals surface area contributed by atoms with Gasteiger partial charge in [-0.15, -0.1) is 0 Å².